The minimum absolute atomic E-state index is 0.100. The second-order valence-corrected chi connectivity index (χ2v) is 8.11. The van der Waals surface area contributed by atoms with Gasteiger partial charge in [-0.1, -0.05) is 42.8 Å². The molecule has 0 radical (unpaired) electrons. The van der Waals surface area contributed by atoms with Gasteiger partial charge in [0.05, 0.1) is 6.10 Å². The molecule has 1 atom stereocenters. The maximum absolute atomic E-state index is 12.6. The fourth-order valence-electron chi connectivity index (χ4n) is 4.47. The lowest BCUT2D eigenvalue weighted by atomic mass is 9.99. The number of hydrogen-bond donors (Lipinski definition) is 0. The van der Waals surface area contributed by atoms with Crippen molar-refractivity contribution in [2.24, 2.45) is 0 Å². The highest BCUT2D eigenvalue weighted by atomic mass is 16.6. The average molecular weight is 397 g/mol. The molecule has 1 saturated heterocycles. The Morgan fingerprint density at radius 2 is 1.90 bits per heavy atom. The quantitative estimate of drug-likeness (QED) is 0.636. The van der Waals surface area contributed by atoms with E-state index in [2.05, 4.69) is 17.1 Å². The van der Waals surface area contributed by atoms with Crippen molar-refractivity contribution in [2.75, 3.05) is 32.8 Å². The van der Waals surface area contributed by atoms with Crippen molar-refractivity contribution in [1.29, 1.82) is 0 Å². The molecular weight excluding hydrogens is 364 g/mol. The number of allylic oxidation sites excluding steroid dienone is 1. The van der Waals surface area contributed by atoms with Crippen molar-refractivity contribution in [3.8, 4) is 0 Å². The number of piperidine rings is 1. The molecule has 2 aliphatic heterocycles. The van der Waals surface area contributed by atoms with Crippen LogP contribution in [0.3, 0.4) is 0 Å². The lowest BCUT2D eigenvalue weighted by Crippen LogP contribution is -2.31. The molecular formula is C24H32N2O3. The van der Waals surface area contributed by atoms with E-state index in [1.165, 1.54) is 37.9 Å². The molecule has 1 aromatic rings. The van der Waals surface area contributed by atoms with Gasteiger partial charge >= 0.3 is 6.09 Å². The number of rotatable bonds is 7. The number of nitrogens with zero attached hydrogens (tertiary/aromatic N) is 2. The summed E-state index contributed by atoms with van der Waals surface area (Å²) in [5.41, 5.74) is 3.24. The Morgan fingerprint density at radius 1 is 1.07 bits per heavy atom. The molecule has 0 bridgehead atoms. The van der Waals surface area contributed by atoms with Gasteiger partial charge in [-0.15, -0.1) is 0 Å². The molecule has 0 unspecified atom stereocenters. The fraction of sp³-hybridized carbons (Fsp3) is 0.542. The highest BCUT2D eigenvalue weighted by molar-refractivity contribution is 5.72. The van der Waals surface area contributed by atoms with Gasteiger partial charge in [-0.3, -0.25) is 4.90 Å². The van der Waals surface area contributed by atoms with Gasteiger partial charge in [0.25, 0.3) is 0 Å². The first-order chi connectivity index (χ1) is 14.3. The third-order valence-electron chi connectivity index (χ3n) is 6.05. The minimum Gasteiger partial charge on any atom is -0.444 e. The van der Waals surface area contributed by atoms with Crippen LogP contribution in [0.25, 0.3) is 0 Å². The van der Waals surface area contributed by atoms with E-state index in [-0.39, 0.29) is 12.2 Å². The number of amides is 1. The van der Waals surface area contributed by atoms with Crippen molar-refractivity contribution in [2.45, 2.75) is 51.2 Å². The molecule has 4 rings (SSSR count). The number of hydrogen-bond acceptors (Lipinski definition) is 4. The second kappa shape index (κ2) is 10.1. The van der Waals surface area contributed by atoms with Gasteiger partial charge in [0, 0.05) is 25.4 Å². The molecule has 0 saturated carbocycles. The number of likely N-dealkylation sites (tertiary alicyclic amines) is 1. The van der Waals surface area contributed by atoms with Crippen LogP contribution in [0, 0.1) is 0 Å². The molecule has 2 heterocycles. The predicted molar refractivity (Wildman–Crippen MR) is 113 cm³/mol. The number of carbonyl (C=O) groups excluding carboxylic acids is 1. The summed E-state index contributed by atoms with van der Waals surface area (Å²) in [4.78, 5) is 16.9. The molecule has 5 heteroatoms. The first-order valence-electron chi connectivity index (χ1n) is 11.0. The summed E-state index contributed by atoms with van der Waals surface area (Å²) >= 11 is 0. The van der Waals surface area contributed by atoms with Crippen molar-refractivity contribution < 1.29 is 14.3 Å². The third kappa shape index (κ3) is 5.28. The summed E-state index contributed by atoms with van der Waals surface area (Å²) in [5, 5.41) is 0. The maximum atomic E-state index is 12.6. The van der Waals surface area contributed by atoms with Crippen molar-refractivity contribution in [3.63, 3.8) is 0 Å². The van der Waals surface area contributed by atoms with Crippen LogP contribution in [0.1, 0.15) is 44.1 Å². The fourth-order valence-corrected chi connectivity index (χ4v) is 4.47. The molecule has 29 heavy (non-hydrogen) atoms. The molecule has 1 aromatic carbocycles. The van der Waals surface area contributed by atoms with E-state index in [0.717, 1.165) is 43.7 Å². The molecule has 5 nitrogen and oxygen atoms in total. The summed E-state index contributed by atoms with van der Waals surface area (Å²) in [6.07, 6.45) is 10.9. The molecule has 3 aliphatic rings. The molecule has 0 aromatic heterocycles. The SMILES string of the molecule is O=C(OCc1ccccc1)N1CCC2=C1C=CC[C@@H]2OCCCN1CCCCC1. The van der Waals surface area contributed by atoms with Gasteiger partial charge in [0.1, 0.15) is 6.61 Å². The van der Waals surface area contributed by atoms with E-state index in [1.54, 1.807) is 4.90 Å². The second-order valence-electron chi connectivity index (χ2n) is 8.11. The zero-order chi connectivity index (χ0) is 19.9. The van der Waals surface area contributed by atoms with Gasteiger partial charge in [0.15, 0.2) is 0 Å². The summed E-state index contributed by atoms with van der Waals surface area (Å²) < 4.78 is 11.8. The largest absolute Gasteiger partial charge is 0.444 e. The smallest absolute Gasteiger partial charge is 0.414 e. The molecule has 1 fully saturated rings. The van der Waals surface area contributed by atoms with Gasteiger partial charge in [0.2, 0.25) is 0 Å². The normalized spacial score (nSPS) is 22.1. The average Bonchev–Trinajstić information content (AvgIpc) is 3.21. The predicted octanol–water partition coefficient (Wildman–Crippen LogP) is 4.50. The Labute approximate surface area is 174 Å². The van der Waals surface area contributed by atoms with Crippen molar-refractivity contribution in [3.05, 3.63) is 59.3 Å². The number of ether oxygens (including phenoxy) is 2. The first kappa shape index (κ1) is 20.2. The number of benzene rings is 1. The summed E-state index contributed by atoms with van der Waals surface area (Å²) in [7, 11) is 0. The molecule has 0 spiro atoms. The number of carbonyl (C=O) groups is 1. The van der Waals surface area contributed by atoms with E-state index in [1.807, 2.05) is 30.3 Å². The highest BCUT2D eigenvalue weighted by Gasteiger charge is 2.33. The van der Waals surface area contributed by atoms with Crippen molar-refractivity contribution >= 4 is 6.09 Å². The Kier molecular flexibility index (Phi) is 7.01. The molecule has 0 N–H and O–H groups in total. The topological polar surface area (TPSA) is 42.0 Å². The van der Waals surface area contributed by atoms with E-state index < -0.39 is 0 Å². The lowest BCUT2D eigenvalue weighted by molar-refractivity contribution is 0.0671. The van der Waals surface area contributed by atoms with Crippen LogP contribution in [0.4, 0.5) is 4.79 Å². The molecule has 1 aliphatic carbocycles. The first-order valence-corrected chi connectivity index (χ1v) is 11.0. The van der Waals surface area contributed by atoms with Crippen molar-refractivity contribution in [1.82, 2.24) is 9.80 Å². The van der Waals surface area contributed by atoms with E-state index in [9.17, 15) is 4.79 Å². The zero-order valence-electron chi connectivity index (χ0n) is 17.2. The van der Waals surface area contributed by atoms with Gasteiger partial charge in [-0.25, -0.2) is 4.79 Å². The van der Waals surface area contributed by atoms with Crippen LogP contribution in [-0.2, 0) is 16.1 Å². The van der Waals surface area contributed by atoms with Crippen LogP contribution in [0.2, 0.25) is 0 Å². The van der Waals surface area contributed by atoms with Crippen LogP contribution in [-0.4, -0.2) is 54.8 Å². The lowest BCUT2D eigenvalue weighted by Gasteiger charge is -2.27. The van der Waals surface area contributed by atoms with Gasteiger partial charge in [-0.2, -0.15) is 0 Å². The van der Waals surface area contributed by atoms with E-state index in [0.29, 0.717) is 13.2 Å². The van der Waals surface area contributed by atoms with Gasteiger partial charge < -0.3 is 14.4 Å². The maximum Gasteiger partial charge on any atom is 0.414 e. The van der Waals surface area contributed by atoms with Crippen LogP contribution < -0.4 is 0 Å². The summed E-state index contributed by atoms with van der Waals surface area (Å²) in [6, 6.07) is 9.81. The van der Waals surface area contributed by atoms with Gasteiger partial charge in [-0.05, 0) is 62.4 Å². The monoisotopic (exact) mass is 396 g/mol. The molecule has 156 valence electrons. The Morgan fingerprint density at radius 3 is 2.72 bits per heavy atom. The van der Waals surface area contributed by atoms with E-state index in [4.69, 9.17) is 9.47 Å². The third-order valence-corrected chi connectivity index (χ3v) is 6.05. The minimum atomic E-state index is -0.269. The van der Waals surface area contributed by atoms with E-state index >= 15 is 0 Å². The van der Waals surface area contributed by atoms with Crippen LogP contribution >= 0.6 is 0 Å². The Hall–Kier alpha value is -2.11. The molecule has 1 amide bonds. The summed E-state index contributed by atoms with van der Waals surface area (Å²) in [5.74, 6) is 0. The van der Waals surface area contributed by atoms with Crippen LogP contribution in [0.15, 0.2) is 53.8 Å². The Balaban J connectivity index is 1.26. The Bertz CT molecular complexity index is 738. The highest BCUT2D eigenvalue weighted by Crippen LogP contribution is 2.33. The zero-order valence-corrected chi connectivity index (χ0v) is 17.2. The standard InChI is InChI=1S/C24H32N2O3/c27-24(29-19-20-9-3-1-4-10-20)26-17-13-21-22(26)11-7-12-23(21)28-18-8-16-25-14-5-2-6-15-25/h1,3-4,7,9-11,23H,2,5-6,8,12-19H2/t23-/m0/s1. The summed E-state index contributed by atoms with van der Waals surface area (Å²) in [6.45, 7) is 5.37. The van der Waals surface area contributed by atoms with Crippen LogP contribution in [0.5, 0.6) is 0 Å².